The van der Waals surface area contributed by atoms with Crippen LogP contribution < -0.4 is 0 Å². The third kappa shape index (κ3) is 4.91. The topological polar surface area (TPSA) is 103 Å². The van der Waals surface area contributed by atoms with Crippen LogP contribution in [0.15, 0.2) is 42.6 Å². The Hall–Kier alpha value is -3.64. The van der Waals surface area contributed by atoms with Gasteiger partial charge in [-0.2, -0.15) is 5.10 Å². The number of rotatable bonds is 5. The average Bonchev–Trinajstić information content (AvgIpc) is 3.17. The molecule has 2 aromatic rings. The molecule has 0 bridgehead atoms. The number of esters is 2. The smallest absolute Gasteiger partial charge is 0.358 e. The Morgan fingerprint density at radius 3 is 2.52 bits per heavy atom. The summed E-state index contributed by atoms with van der Waals surface area (Å²) in [6.07, 6.45) is 3.46. The lowest BCUT2D eigenvalue weighted by Crippen LogP contribution is -2.67. The number of benzene rings is 1. The van der Waals surface area contributed by atoms with Gasteiger partial charge in [0.2, 0.25) is 5.91 Å². The van der Waals surface area contributed by atoms with Gasteiger partial charge in [0, 0.05) is 44.4 Å². The van der Waals surface area contributed by atoms with Crippen LogP contribution in [-0.2, 0) is 35.2 Å². The molecule has 1 saturated heterocycles. The molecule has 10 nitrogen and oxygen atoms in total. The van der Waals surface area contributed by atoms with Gasteiger partial charge < -0.3 is 14.2 Å². The summed E-state index contributed by atoms with van der Waals surface area (Å²) in [5.74, 6) is -5.84. The number of hydrogen-bond donors (Lipinski definition) is 0. The van der Waals surface area contributed by atoms with Crippen molar-refractivity contribution < 1.29 is 37.4 Å². The molecule has 0 N–H and O–H groups in total. The molecule has 0 unspecified atom stereocenters. The molecule has 1 fully saturated rings. The highest BCUT2D eigenvalue weighted by atomic mass is 19.2. The Morgan fingerprint density at radius 1 is 1.12 bits per heavy atom. The van der Waals surface area contributed by atoms with Crippen molar-refractivity contribution in [2.45, 2.75) is 19.4 Å². The van der Waals surface area contributed by atoms with Crippen LogP contribution in [0.4, 0.5) is 8.78 Å². The van der Waals surface area contributed by atoms with E-state index in [0.29, 0.717) is 17.9 Å². The van der Waals surface area contributed by atoms with Crippen LogP contribution in [0, 0.1) is 11.6 Å². The SMILES string of the molecule is CC(=O)N1CCN(COCc2ccn(-c3ccc(F)c(F)c3)n2)CC12OC(=O)C=CC(=O)O2. The zero-order valence-corrected chi connectivity index (χ0v) is 17.6. The lowest BCUT2D eigenvalue weighted by Gasteiger charge is -2.46. The Kier molecular flexibility index (Phi) is 6.20. The van der Waals surface area contributed by atoms with Gasteiger partial charge in [-0.1, -0.05) is 0 Å². The van der Waals surface area contributed by atoms with Gasteiger partial charge in [0.05, 0.1) is 24.7 Å². The number of carbonyl (C=O) groups is 3. The quantitative estimate of drug-likeness (QED) is 0.609. The Morgan fingerprint density at radius 2 is 1.85 bits per heavy atom. The van der Waals surface area contributed by atoms with Gasteiger partial charge in [0.1, 0.15) is 6.54 Å². The number of piperazine rings is 1. The Bertz CT molecular complexity index is 1100. The van der Waals surface area contributed by atoms with Crippen molar-refractivity contribution in [2.75, 3.05) is 26.4 Å². The molecule has 0 radical (unpaired) electrons. The first-order valence-corrected chi connectivity index (χ1v) is 9.98. The van der Waals surface area contributed by atoms with E-state index < -0.39 is 35.4 Å². The summed E-state index contributed by atoms with van der Waals surface area (Å²) in [5.41, 5.74) is 0.890. The van der Waals surface area contributed by atoms with E-state index in [0.717, 1.165) is 24.3 Å². The summed E-state index contributed by atoms with van der Waals surface area (Å²) < 4.78 is 44.3. The summed E-state index contributed by atoms with van der Waals surface area (Å²) in [6.45, 7) is 1.87. The fourth-order valence-electron chi connectivity index (χ4n) is 3.57. The van der Waals surface area contributed by atoms with Crippen molar-refractivity contribution in [3.63, 3.8) is 0 Å². The molecule has 174 valence electrons. The first-order chi connectivity index (χ1) is 15.8. The zero-order chi connectivity index (χ0) is 23.6. The molecule has 2 aliphatic heterocycles. The van der Waals surface area contributed by atoms with E-state index in [9.17, 15) is 23.2 Å². The van der Waals surface area contributed by atoms with Crippen molar-refractivity contribution in [3.8, 4) is 5.69 Å². The van der Waals surface area contributed by atoms with Gasteiger partial charge in [0.15, 0.2) is 11.6 Å². The number of ether oxygens (including phenoxy) is 3. The molecule has 1 aromatic carbocycles. The molecule has 1 amide bonds. The van der Waals surface area contributed by atoms with Crippen molar-refractivity contribution in [2.24, 2.45) is 0 Å². The number of nitrogens with zero attached hydrogens (tertiary/aromatic N) is 4. The zero-order valence-electron chi connectivity index (χ0n) is 17.6. The number of halogens is 2. The molecule has 1 aromatic heterocycles. The van der Waals surface area contributed by atoms with E-state index in [1.807, 2.05) is 0 Å². The minimum Gasteiger partial charge on any atom is -0.399 e. The van der Waals surface area contributed by atoms with Crippen LogP contribution in [-0.4, -0.2) is 69.7 Å². The maximum Gasteiger partial charge on any atom is 0.358 e. The van der Waals surface area contributed by atoms with E-state index in [4.69, 9.17) is 14.2 Å². The maximum atomic E-state index is 13.4. The molecular formula is C21H20F2N4O6. The van der Waals surface area contributed by atoms with E-state index >= 15 is 0 Å². The molecule has 12 heteroatoms. The van der Waals surface area contributed by atoms with E-state index in [2.05, 4.69) is 5.10 Å². The number of amides is 1. The summed E-state index contributed by atoms with van der Waals surface area (Å²) >= 11 is 0. The monoisotopic (exact) mass is 462 g/mol. The predicted molar refractivity (Wildman–Crippen MR) is 106 cm³/mol. The van der Waals surface area contributed by atoms with Crippen LogP contribution in [0.2, 0.25) is 0 Å². The molecule has 0 saturated carbocycles. The maximum absolute atomic E-state index is 13.4. The van der Waals surface area contributed by atoms with Crippen LogP contribution in [0.3, 0.4) is 0 Å². The third-order valence-electron chi connectivity index (χ3n) is 5.07. The van der Waals surface area contributed by atoms with E-state index in [1.54, 1.807) is 17.2 Å². The molecular weight excluding hydrogens is 442 g/mol. The van der Waals surface area contributed by atoms with Crippen molar-refractivity contribution in [1.29, 1.82) is 0 Å². The molecule has 2 aliphatic rings. The minimum absolute atomic E-state index is 0.0636. The van der Waals surface area contributed by atoms with Gasteiger partial charge in [-0.15, -0.1) is 0 Å². The molecule has 0 atom stereocenters. The first-order valence-electron chi connectivity index (χ1n) is 9.98. The third-order valence-corrected chi connectivity index (χ3v) is 5.07. The predicted octanol–water partition coefficient (Wildman–Crippen LogP) is 1.10. The van der Waals surface area contributed by atoms with Crippen LogP contribution in [0.25, 0.3) is 5.69 Å². The summed E-state index contributed by atoms with van der Waals surface area (Å²) in [7, 11) is 0. The van der Waals surface area contributed by atoms with Crippen molar-refractivity contribution >= 4 is 17.8 Å². The molecule has 1 spiro atoms. The highest BCUT2D eigenvalue weighted by molar-refractivity contribution is 5.93. The standard InChI is InChI=1S/C21H20F2N4O6/c1-14(28)26-9-8-25(12-21(26)32-19(29)4-5-20(30)33-21)13-31-11-15-6-7-27(24-15)16-2-3-17(22)18(23)10-16/h2-7,10H,8-9,11-13H2,1H3. The van der Waals surface area contributed by atoms with Crippen LogP contribution in [0.5, 0.6) is 0 Å². The lowest BCUT2D eigenvalue weighted by atomic mass is 10.2. The fourth-order valence-corrected chi connectivity index (χ4v) is 3.57. The van der Waals surface area contributed by atoms with Crippen molar-refractivity contribution in [3.05, 3.63) is 59.9 Å². The van der Waals surface area contributed by atoms with Crippen molar-refractivity contribution in [1.82, 2.24) is 19.6 Å². The lowest BCUT2D eigenvalue weighted by molar-refractivity contribution is -0.295. The number of hydrogen-bond acceptors (Lipinski definition) is 8. The second-order valence-electron chi connectivity index (χ2n) is 7.44. The molecule has 33 heavy (non-hydrogen) atoms. The molecule has 4 rings (SSSR count). The largest absolute Gasteiger partial charge is 0.399 e. The minimum atomic E-state index is -1.89. The van der Waals surface area contributed by atoms with Gasteiger partial charge >= 0.3 is 17.8 Å². The Labute approximate surface area is 186 Å². The van der Waals surface area contributed by atoms with Gasteiger partial charge in [-0.05, 0) is 18.2 Å². The molecule has 3 heterocycles. The fraction of sp³-hybridized carbons (Fsp3) is 0.333. The Balaban J connectivity index is 1.38. The normalized spacial score (nSPS) is 18.2. The first kappa shape index (κ1) is 22.6. The van der Waals surface area contributed by atoms with Gasteiger partial charge in [0.25, 0.3) is 0 Å². The van der Waals surface area contributed by atoms with Gasteiger partial charge in [-0.25, -0.2) is 23.1 Å². The highest BCUT2D eigenvalue weighted by Gasteiger charge is 2.51. The van der Waals surface area contributed by atoms with Crippen LogP contribution in [0.1, 0.15) is 12.6 Å². The highest BCUT2D eigenvalue weighted by Crippen LogP contribution is 2.27. The molecule has 0 aliphatic carbocycles. The number of aromatic nitrogens is 2. The second kappa shape index (κ2) is 9.08. The van der Waals surface area contributed by atoms with E-state index in [1.165, 1.54) is 22.6 Å². The summed E-state index contributed by atoms with van der Waals surface area (Å²) in [4.78, 5) is 38.9. The summed E-state index contributed by atoms with van der Waals surface area (Å²) in [5, 5.41) is 4.27. The van der Waals surface area contributed by atoms with Crippen LogP contribution >= 0.6 is 0 Å². The summed E-state index contributed by atoms with van der Waals surface area (Å²) in [6, 6.07) is 5.11. The van der Waals surface area contributed by atoms with E-state index in [-0.39, 0.29) is 26.4 Å². The number of carbonyl (C=O) groups excluding carboxylic acids is 3. The second-order valence-corrected chi connectivity index (χ2v) is 7.44. The van der Waals surface area contributed by atoms with Gasteiger partial charge in [-0.3, -0.25) is 14.6 Å². The average molecular weight is 462 g/mol.